The molecule has 174 valence electrons. The van der Waals surface area contributed by atoms with Crippen molar-refractivity contribution in [3.63, 3.8) is 0 Å². The fourth-order valence-corrected chi connectivity index (χ4v) is 5.28. The number of para-hydroxylation sites is 1. The fraction of sp³-hybridized carbons (Fsp3) is 0.269. The first-order valence-corrected chi connectivity index (χ1v) is 12.1. The van der Waals surface area contributed by atoms with E-state index < -0.39 is 0 Å². The van der Waals surface area contributed by atoms with Gasteiger partial charge in [0.1, 0.15) is 5.75 Å². The highest BCUT2D eigenvalue weighted by molar-refractivity contribution is 7.16. The van der Waals surface area contributed by atoms with Crippen LogP contribution >= 0.6 is 11.3 Å². The van der Waals surface area contributed by atoms with E-state index >= 15 is 0 Å². The summed E-state index contributed by atoms with van der Waals surface area (Å²) < 4.78 is 10.1. The summed E-state index contributed by atoms with van der Waals surface area (Å²) in [5, 5.41) is 6.71. The van der Waals surface area contributed by atoms with Gasteiger partial charge < -0.3 is 14.5 Å². The van der Waals surface area contributed by atoms with Crippen LogP contribution in [0.25, 0.3) is 22.2 Å². The molecular weight excluding hydrogens is 448 g/mol. The number of rotatable bonds is 7. The molecule has 0 spiro atoms. The monoisotopic (exact) mass is 474 g/mol. The fourth-order valence-electron chi connectivity index (χ4n) is 4.35. The molecule has 0 aliphatic heterocycles. The Hall–Kier alpha value is -3.65. The zero-order valence-corrected chi connectivity index (χ0v) is 20.0. The number of benzene rings is 2. The number of esters is 1. The van der Waals surface area contributed by atoms with Gasteiger partial charge in [0, 0.05) is 21.3 Å². The van der Waals surface area contributed by atoms with Crippen LogP contribution in [0.2, 0.25) is 0 Å². The molecule has 0 bridgehead atoms. The molecule has 7 nitrogen and oxygen atoms in total. The number of aromatic amines is 1. The van der Waals surface area contributed by atoms with Crippen LogP contribution in [-0.4, -0.2) is 35.9 Å². The van der Waals surface area contributed by atoms with Crippen molar-refractivity contribution in [2.45, 2.75) is 32.1 Å². The topological polar surface area (TPSA) is 88.6 Å². The van der Waals surface area contributed by atoms with Gasteiger partial charge in [0.25, 0.3) is 0 Å². The number of nitrogens with one attached hydrogen (secondary N) is 2. The Balaban J connectivity index is 1.44. The van der Waals surface area contributed by atoms with Crippen LogP contribution in [-0.2, 0) is 22.4 Å². The number of methoxy groups -OCH3 is 2. The van der Waals surface area contributed by atoms with Crippen molar-refractivity contribution in [1.82, 2.24) is 9.97 Å². The molecule has 2 N–H and O–H groups in total. The van der Waals surface area contributed by atoms with Gasteiger partial charge in [-0.05, 0) is 61.6 Å². The Bertz CT molecular complexity index is 1350. The van der Waals surface area contributed by atoms with E-state index in [4.69, 9.17) is 19.6 Å². The average molecular weight is 475 g/mol. The average Bonchev–Trinajstić information content (AvgIpc) is 3.47. The maximum Gasteiger partial charge on any atom is 0.305 e. The Morgan fingerprint density at radius 2 is 1.97 bits per heavy atom. The van der Waals surface area contributed by atoms with Gasteiger partial charge in [-0.1, -0.05) is 29.5 Å². The van der Waals surface area contributed by atoms with Crippen LogP contribution < -0.4 is 10.2 Å². The third-order valence-electron chi connectivity index (χ3n) is 6.07. The molecule has 4 aromatic rings. The predicted octanol–water partition coefficient (Wildman–Crippen LogP) is 5.56. The molecule has 2 aromatic heterocycles. The lowest BCUT2D eigenvalue weighted by molar-refractivity contribution is -0.140. The number of carbonyl (C=O) groups excluding carboxylic acids is 1. The molecule has 0 amide bonds. The number of aromatic nitrogens is 2. The Morgan fingerprint density at radius 3 is 2.76 bits per heavy atom. The number of aryl methyl sites for hydroxylation is 2. The number of thiazole rings is 1. The molecule has 0 unspecified atom stereocenters. The molecule has 0 radical (unpaired) electrons. The summed E-state index contributed by atoms with van der Waals surface area (Å²) in [4.78, 5) is 21.1. The number of H-pyrrole nitrogens is 1. The number of hydrazone groups is 1. The molecule has 1 aliphatic carbocycles. The first-order chi connectivity index (χ1) is 16.7. The van der Waals surface area contributed by atoms with Crippen molar-refractivity contribution in [2.24, 2.45) is 5.10 Å². The van der Waals surface area contributed by atoms with E-state index in [2.05, 4.69) is 28.6 Å². The van der Waals surface area contributed by atoms with E-state index in [1.165, 1.54) is 29.4 Å². The first kappa shape index (κ1) is 22.2. The molecule has 8 heteroatoms. The van der Waals surface area contributed by atoms with E-state index in [1.54, 1.807) is 7.11 Å². The molecule has 2 heterocycles. The number of anilines is 1. The highest BCUT2D eigenvalue weighted by atomic mass is 32.1. The minimum absolute atomic E-state index is 0.239. The maximum atomic E-state index is 11.8. The van der Waals surface area contributed by atoms with Crippen molar-refractivity contribution in [1.29, 1.82) is 0 Å². The minimum Gasteiger partial charge on any atom is -0.497 e. The van der Waals surface area contributed by atoms with Gasteiger partial charge in [-0.15, -0.1) is 0 Å². The molecule has 34 heavy (non-hydrogen) atoms. The van der Waals surface area contributed by atoms with Crippen molar-refractivity contribution >= 4 is 39.1 Å². The normalized spacial score (nSPS) is 14.2. The largest absolute Gasteiger partial charge is 0.497 e. The van der Waals surface area contributed by atoms with Crippen LogP contribution in [0.4, 0.5) is 5.13 Å². The van der Waals surface area contributed by atoms with E-state index in [-0.39, 0.29) is 5.97 Å². The number of ether oxygens (including phenoxy) is 2. The summed E-state index contributed by atoms with van der Waals surface area (Å²) in [6.07, 6.45) is 3.87. The molecule has 2 aromatic carbocycles. The first-order valence-electron chi connectivity index (χ1n) is 11.3. The number of nitrogens with zero attached hydrogens (tertiary/aromatic N) is 2. The van der Waals surface area contributed by atoms with Crippen molar-refractivity contribution in [3.8, 4) is 17.0 Å². The molecule has 5 rings (SSSR count). The van der Waals surface area contributed by atoms with Crippen molar-refractivity contribution in [2.75, 3.05) is 19.6 Å². The molecule has 0 saturated heterocycles. The second-order valence-electron chi connectivity index (χ2n) is 8.14. The smallest absolute Gasteiger partial charge is 0.305 e. The lowest BCUT2D eigenvalue weighted by atomic mass is 9.94. The minimum atomic E-state index is -0.239. The van der Waals surface area contributed by atoms with Crippen LogP contribution in [0.5, 0.6) is 5.75 Å². The number of fused-ring (bicyclic) bond motifs is 3. The molecule has 0 saturated carbocycles. The zero-order valence-electron chi connectivity index (χ0n) is 19.2. The second kappa shape index (κ2) is 9.69. The highest BCUT2D eigenvalue weighted by Gasteiger charge is 2.21. The summed E-state index contributed by atoms with van der Waals surface area (Å²) in [5.74, 6) is 0.545. The van der Waals surface area contributed by atoms with Gasteiger partial charge in [0.15, 0.2) is 0 Å². The van der Waals surface area contributed by atoms with Gasteiger partial charge in [-0.25, -0.2) is 4.98 Å². The third-order valence-corrected chi connectivity index (χ3v) is 7.09. The Labute approximate surface area is 201 Å². The summed E-state index contributed by atoms with van der Waals surface area (Å²) in [5.41, 5.74) is 9.59. The van der Waals surface area contributed by atoms with Crippen molar-refractivity contribution in [3.05, 3.63) is 64.7 Å². The molecular formula is C26H26N4O3S. The third kappa shape index (κ3) is 4.41. The summed E-state index contributed by atoms with van der Waals surface area (Å²) in [6, 6.07) is 16.2. The number of hydrogen-bond acceptors (Lipinski definition) is 7. The van der Waals surface area contributed by atoms with Gasteiger partial charge in [-0.3, -0.25) is 10.2 Å². The Kier molecular flexibility index (Phi) is 6.31. The van der Waals surface area contributed by atoms with Gasteiger partial charge >= 0.3 is 5.97 Å². The summed E-state index contributed by atoms with van der Waals surface area (Å²) in [7, 11) is 3.05. The van der Waals surface area contributed by atoms with Crippen molar-refractivity contribution < 1.29 is 14.3 Å². The van der Waals surface area contributed by atoms with E-state index in [1.807, 2.05) is 30.3 Å². The van der Waals surface area contributed by atoms with Gasteiger partial charge in [0.2, 0.25) is 5.13 Å². The summed E-state index contributed by atoms with van der Waals surface area (Å²) >= 11 is 1.51. The van der Waals surface area contributed by atoms with E-state index in [0.29, 0.717) is 18.0 Å². The lowest BCUT2D eigenvalue weighted by Gasteiger charge is -2.13. The van der Waals surface area contributed by atoms with Crippen LogP contribution in [0.15, 0.2) is 53.6 Å². The maximum absolute atomic E-state index is 11.8. The quantitative estimate of drug-likeness (QED) is 0.270. The summed E-state index contributed by atoms with van der Waals surface area (Å²) in [6.45, 7) is 0. The predicted molar refractivity (Wildman–Crippen MR) is 136 cm³/mol. The lowest BCUT2D eigenvalue weighted by Crippen LogP contribution is -2.13. The zero-order chi connectivity index (χ0) is 23.5. The Morgan fingerprint density at radius 1 is 1.15 bits per heavy atom. The molecule has 1 aliphatic rings. The van der Waals surface area contributed by atoms with Crippen LogP contribution in [0, 0.1) is 0 Å². The SMILES string of the molecule is COC(=O)CCc1sc(NN=C2CCCc3c2[nH]c2ccccc32)nc1-c1ccc(OC)cc1. The second-order valence-corrected chi connectivity index (χ2v) is 9.23. The molecule has 0 atom stereocenters. The highest BCUT2D eigenvalue weighted by Crippen LogP contribution is 2.34. The standard InChI is InChI=1S/C26H26N4O3S/c1-32-17-12-10-16(11-13-17)24-22(14-15-23(31)33-2)34-26(28-24)30-29-21-9-5-7-19-18-6-3-4-8-20(18)27-25(19)21/h3-4,6,8,10-13,27H,5,7,9,14-15H2,1-2H3,(H,28,30). The van der Waals surface area contributed by atoms with Gasteiger partial charge in [0.05, 0.1) is 37.7 Å². The van der Waals surface area contributed by atoms with Crippen LogP contribution in [0.3, 0.4) is 0 Å². The number of carbonyl (C=O) groups is 1. The number of hydrogen-bond donors (Lipinski definition) is 2. The van der Waals surface area contributed by atoms with E-state index in [9.17, 15) is 4.79 Å². The van der Waals surface area contributed by atoms with E-state index in [0.717, 1.165) is 58.1 Å². The van der Waals surface area contributed by atoms with Gasteiger partial charge in [-0.2, -0.15) is 5.10 Å². The van der Waals surface area contributed by atoms with Crippen LogP contribution in [0.1, 0.15) is 35.4 Å². The molecule has 0 fully saturated rings.